The van der Waals surface area contributed by atoms with E-state index in [0.717, 1.165) is 12.1 Å². The van der Waals surface area contributed by atoms with Crippen LogP contribution in [0, 0.1) is 23.2 Å². The minimum Gasteiger partial charge on any atom is -0.384 e. The third-order valence-corrected chi connectivity index (χ3v) is 2.68. The van der Waals surface area contributed by atoms with Crippen LogP contribution in [0.2, 0.25) is 0 Å². The predicted molar refractivity (Wildman–Crippen MR) is 74.3 cm³/mol. The molecule has 0 amide bonds. The van der Waals surface area contributed by atoms with Crippen LogP contribution in [0.5, 0.6) is 0 Å². The minimum atomic E-state index is 0.0573. The van der Waals surface area contributed by atoms with E-state index in [9.17, 15) is 0 Å². The van der Waals surface area contributed by atoms with E-state index >= 15 is 0 Å². The van der Waals surface area contributed by atoms with Gasteiger partial charge in [0.1, 0.15) is 0 Å². The maximum atomic E-state index is 8.88. The van der Waals surface area contributed by atoms with Gasteiger partial charge in [0.05, 0.1) is 12.0 Å². The number of rotatable bonds is 7. The van der Waals surface area contributed by atoms with Gasteiger partial charge in [0.2, 0.25) is 0 Å². The molecule has 17 heavy (non-hydrogen) atoms. The molecule has 2 nitrogen and oxygen atoms in total. The van der Waals surface area contributed by atoms with E-state index < -0.39 is 0 Å². The minimum absolute atomic E-state index is 0.0573. The SMILES string of the molecule is C=C(NCC(C#N)CC)/C(=C/C=C\C)C(C)C. The summed E-state index contributed by atoms with van der Waals surface area (Å²) >= 11 is 0. The van der Waals surface area contributed by atoms with E-state index in [0.29, 0.717) is 12.5 Å². The Labute approximate surface area is 106 Å². The second-order valence-electron chi connectivity index (χ2n) is 4.40. The number of hydrogen-bond acceptors (Lipinski definition) is 2. The molecular weight excluding hydrogens is 208 g/mol. The van der Waals surface area contributed by atoms with E-state index in [1.807, 2.05) is 26.0 Å². The number of nitrogens with zero attached hydrogens (tertiary/aromatic N) is 1. The molecule has 0 aromatic rings. The van der Waals surface area contributed by atoms with Crippen LogP contribution in [0.15, 0.2) is 36.1 Å². The lowest BCUT2D eigenvalue weighted by Gasteiger charge is -2.17. The lowest BCUT2D eigenvalue weighted by molar-refractivity contribution is 0.589. The molecule has 2 heteroatoms. The summed E-state index contributed by atoms with van der Waals surface area (Å²) < 4.78 is 0. The molecule has 0 fully saturated rings. The Kier molecular flexibility index (Phi) is 7.88. The van der Waals surface area contributed by atoms with Gasteiger partial charge in [-0.1, -0.05) is 45.6 Å². The first-order chi connectivity index (χ1) is 8.06. The van der Waals surface area contributed by atoms with Crippen LogP contribution in [0.25, 0.3) is 0 Å². The summed E-state index contributed by atoms with van der Waals surface area (Å²) in [6, 6.07) is 2.28. The topological polar surface area (TPSA) is 35.8 Å². The van der Waals surface area contributed by atoms with Crippen molar-refractivity contribution in [2.75, 3.05) is 6.54 Å². The van der Waals surface area contributed by atoms with Crippen LogP contribution in [0.1, 0.15) is 34.1 Å². The Morgan fingerprint density at radius 2 is 2.12 bits per heavy atom. The van der Waals surface area contributed by atoms with Crippen molar-refractivity contribution in [2.45, 2.75) is 34.1 Å². The van der Waals surface area contributed by atoms with Gasteiger partial charge < -0.3 is 5.32 Å². The average Bonchev–Trinajstić information content (AvgIpc) is 2.30. The zero-order valence-electron chi connectivity index (χ0n) is 11.5. The summed E-state index contributed by atoms with van der Waals surface area (Å²) in [4.78, 5) is 0. The molecule has 0 aliphatic carbocycles. The summed E-state index contributed by atoms with van der Waals surface area (Å²) in [5, 5.41) is 12.1. The lowest BCUT2D eigenvalue weighted by atomic mass is 9.99. The number of hydrogen-bond donors (Lipinski definition) is 1. The zero-order chi connectivity index (χ0) is 13.3. The molecule has 0 aliphatic rings. The molecule has 0 radical (unpaired) electrons. The standard InChI is InChI=1S/C15H24N2/c1-6-8-9-15(12(3)4)13(5)17-11-14(7-2)10-16/h6,8-9,12,14,17H,5,7,11H2,1-4H3/b8-6-,15-9+. The van der Waals surface area contributed by atoms with E-state index in [4.69, 9.17) is 5.26 Å². The summed E-state index contributed by atoms with van der Waals surface area (Å²) in [6.45, 7) is 13.0. The summed E-state index contributed by atoms with van der Waals surface area (Å²) in [5.74, 6) is 0.482. The number of nitrogens with one attached hydrogen (secondary N) is 1. The fourth-order valence-electron chi connectivity index (χ4n) is 1.47. The molecule has 1 unspecified atom stereocenters. The fourth-order valence-corrected chi connectivity index (χ4v) is 1.47. The summed E-state index contributed by atoms with van der Waals surface area (Å²) in [6.07, 6.45) is 6.96. The Morgan fingerprint density at radius 1 is 1.47 bits per heavy atom. The first kappa shape index (κ1) is 15.5. The highest BCUT2D eigenvalue weighted by atomic mass is 14.9. The second kappa shape index (κ2) is 8.64. The van der Waals surface area contributed by atoms with Crippen molar-refractivity contribution in [2.24, 2.45) is 11.8 Å². The van der Waals surface area contributed by atoms with Crippen LogP contribution in [0.4, 0.5) is 0 Å². The van der Waals surface area contributed by atoms with Gasteiger partial charge in [-0.2, -0.15) is 5.26 Å². The molecule has 1 atom stereocenters. The molecule has 0 saturated carbocycles. The molecule has 1 N–H and O–H groups in total. The zero-order valence-corrected chi connectivity index (χ0v) is 11.5. The molecule has 0 rings (SSSR count). The van der Waals surface area contributed by atoms with Crippen molar-refractivity contribution in [3.63, 3.8) is 0 Å². The average molecular weight is 232 g/mol. The van der Waals surface area contributed by atoms with Gasteiger partial charge in [-0.05, 0) is 24.8 Å². The molecule has 0 bridgehead atoms. The molecule has 0 spiro atoms. The summed E-state index contributed by atoms with van der Waals surface area (Å²) in [7, 11) is 0. The Hall–Kier alpha value is -1.49. The third kappa shape index (κ3) is 5.97. The van der Waals surface area contributed by atoms with Gasteiger partial charge in [-0.25, -0.2) is 0 Å². The second-order valence-corrected chi connectivity index (χ2v) is 4.40. The van der Waals surface area contributed by atoms with E-state index in [1.54, 1.807) is 0 Å². The van der Waals surface area contributed by atoms with Crippen molar-refractivity contribution >= 4 is 0 Å². The lowest BCUT2D eigenvalue weighted by Crippen LogP contribution is -2.22. The number of allylic oxidation sites excluding steroid dienone is 4. The van der Waals surface area contributed by atoms with Gasteiger partial charge in [-0.15, -0.1) is 0 Å². The van der Waals surface area contributed by atoms with Gasteiger partial charge in [-0.3, -0.25) is 0 Å². The molecular formula is C15H24N2. The molecule has 0 aromatic heterocycles. The van der Waals surface area contributed by atoms with Crippen LogP contribution < -0.4 is 5.32 Å². The van der Waals surface area contributed by atoms with E-state index in [-0.39, 0.29) is 5.92 Å². The monoisotopic (exact) mass is 232 g/mol. The highest BCUT2D eigenvalue weighted by Crippen LogP contribution is 2.16. The normalized spacial score (nSPS) is 13.8. The van der Waals surface area contributed by atoms with Crippen molar-refractivity contribution < 1.29 is 0 Å². The molecule has 0 aliphatic heterocycles. The largest absolute Gasteiger partial charge is 0.384 e. The van der Waals surface area contributed by atoms with Gasteiger partial charge >= 0.3 is 0 Å². The van der Waals surface area contributed by atoms with Crippen molar-refractivity contribution in [1.82, 2.24) is 5.32 Å². The van der Waals surface area contributed by atoms with Gasteiger partial charge in [0, 0.05) is 12.2 Å². The molecule has 0 aromatic carbocycles. The van der Waals surface area contributed by atoms with Crippen molar-refractivity contribution in [3.05, 3.63) is 36.1 Å². The Bertz CT molecular complexity index is 329. The van der Waals surface area contributed by atoms with Crippen molar-refractivity contribution in [3.8, 4) is 6.07 Å². The van der Waals surface area contributed by atoms with Crippen LogP contribution in [-0.4, -0.2) is 6.54 Å². The fraction of sp³-hybridized carbons (Fsp3) is 0.533. The number of nitriles is 1. The summed E-state index contributed by atoms with van der Waals surface area (Å²) in [5.41, 5.74) is 2.11. The van der Waals surface area contributed by atoms with E-state index in [1.165, 1.54) is 5.57 Å². The van der Waals surface area contributed by atoms with Gasteiger partial charge in [0.15, 0.2) is 0 Å². The van der Waals surface area contributed by atoms with Crippen LogP contribution in [0.3, 0.4) is 0 Å². The van der Waals surface area contributed by atoms with Gasteiger partial charge in [0.25, 0.3) is 0 Å². The first-order valence-electron chi connectivity index (χ1n) is 6.22. The maximum absolute atomic E-state index is 8.88. The first-order valence-corrected chi connectivity index (χ1v) is 6.22. The van der Waals surface area contributed by atoms with Crippen LogP contribution in [-0.2, 0) is 0 Å². The third-order valence-electron chi connectivity index (χ3n) is 2.68. The molecule has 0 heterocycles. The smallest absolute Gasteiger partial charge is 0.0674 e. The van der Waals surface area contributed by atoms with Crippen molar-refractivity contribution in [1.29, 1.82) is 5.26 Å². The highest BCUT2D eigenvalue weighted by Gasteiger charge is 2.09. The van der Waals surface area contributed by atoms with E-state index in [2.05, 4.69) is 37.9 Å². The predicted octanol–water partition coefficient (Wildman–Crippen LogP) is 3.80. The molecule has 94 valence electrons. The highest BCUT2D eigenvalue weighted by molar-refractivity contribution is 5.31. The van der Waals surface area contributed by atoms with Crippen LogP contribution >= 0.6 is 0 Å². The maximum Gasteiger partial charge on any atom is 0.0674 e. The quantitative estimate of drug-likeness (QED) is 0.678. The Morgan fingerprint density at radius 3 is 2.53 bits per heavy atom. The molecule has 0 saturated heterocycles. The Balaban J connectivity index is 4.51.